The molecule has 0 unspecified atom stereocenters. The van der Waals surface area contributed by atoms with E-state index in [2.05, 4.69) is 47.8 Å². The van der Waals surface area contributed by atoms with Crippen molar-refractivity contribution in [2.75, 3.05) is 26.5 Å². The Morgan fingerprint density at radius 1 is 1.24 bits per heavy atom. The number of thiocarbonyl (C=S) groups is 1. The van der Waals surface area contributed by atoms with Gasteiger partial charge in [0.15, 0.2) is 11.3 Å². The number of alkyl halides is 3. The quantitative estimate of drug-likeness (QED) is 0.290. The molecule has 1 aromatic rings. The number of urea groups is 1. The first-order valence-electron chi connectivity index (χ1n) is 6.60. The number of carbonyl (C=O) groups excluding carboxylic acids is 1. The molecule has 0 spiro atoms. The van der Waals surface area contributed by atoms with Crippen LogP contribution < -0.4 is 20.7 Å². The number of carbonyl (C=O) groups is 1. The molecule has 0 radical (unpaired) electrons. The van der Waals surface area contributed by atoms with Crippen LogP contribution in [0.3, 0.4) is 0 Å². The highest BCUT2D eigenvalue weighted by atomic mass is 79.9. The summed E-state index contributed by atoms with van der Waals surface area (Å²) in [6.45, 7) is 0. The molecule has 0 fully saturated rings. The SMILES string of the molecule is COc1cc(Br)c(NC(=S)N[C@H](NC(=O)N(C)C)C(Cl)(Cl)Cl)c(Br)c1. The normalized spacial score (nSPS) is 12.2. The molecule has 1 rings (SSSR count). The van der Waals surface area contributed by atoms with Crippen LogP contribution in [0.15, 0.2) is 21.1 Å². The molecule has 6 nitrogen and oxygen atoms in total. The lowest BCUT2D eigenvalue weighted by atomic mass is 10.3. The van der Waals surface area contributed by atoms with Gasteiger partial charge in [0.25, 0.3) is 0 Å². The van der Waals surface area contributed by atoms with Crippen LogP contribution in [-0.4, -0.2) is 47.2 Å². The number of amides is 2. The number of anilines is 1. The van der Waals surface area contributed by atoms with Crippen LogP contribution in [0.1, 0.15) is 0 Å². The van der Waals surface area contributed by atoms with Gasteiger partial charge in [-0.2, -0.15) is 0 Å². The molecule has 12 heteroatoms. The second-order valence-corrected chi connectivity index (χ2v) is 9.37. The number of nitrogens with one attached hydrogen (secondary N) is 3. The summed E-state index contributed by atoms with van der Waals surface area (Å²) in [6, 6.07) is 3.07. The van der Waals surface area contributed by atoms with Crippen molar-refractivity contribution in [3.63, 3.8) is 0 Å². The topological polar surface area (TPSA) is 65.6 Å². The Balaban J connectivity index is 2.90. The van der Waals surface area contributed by atoms with Gasteiger partial charge >= 0.3 is 6.03 Å². The van der Waals surface area contributed by atoms with E-state index in [1.807, 2.05) is 0 Å². The fourth-order valence-electron chi connectivity index (χ4n) is 1.52. The average Bonchev–Trinajstić information content (AvgIpc) is 2.48. The van der Waals surface area contributed by atoms with Crippen LogP contribution in [0.5, 0.6) is 5.75 Å². The lowest BCUT2D eigenvalue weighted by Gasteiger charge is -2.29. The van der Waals surface area contributed by atoms with Crippen molar-refractivity contribution in [2.24, 2.45) is 0 Å². The van der Waals surface area contributed by atoms with Crippen molar-refractivity contribution < 1.29 is 9.53 Å². The van der Waals surface area contributed by atoms with E-state index in [1.54, 1.807) is 33.3 Å². The molecule has 0 saturated heterocycles. The molecule has 0 saturated carbocycles. The maximum absolute atomic E-state index is 11.8. The maximum Gasteiger partial charge on any atom is 0.318 e. The van der Waals surface area contributed by atoms with E-state index in [1.165, 1.54) is 4.90 Å². The molecular weight excluding hydrogens is 542 g/mol. The van der Waals surface area contributed by atoms with Crippen LogP contribution >= 0.6 is 78.9 Å². The van der Waals surface area contributed by atoms with Crippen LogP contribution in [0.4, 0.5) is 10.5 Å². The number of nitrogens with zero attached hydrogens (tertiary/aromatic N) is 1. The van der Waals surface area contributed by atoms with Gasteiger partial charge in [0, 0.05) is 23.0 Å². The van der Waals surface area contributed by atoms with Crippen molar-refractivity contribution >= 4 is 95.7 Å². The first-order valence-corrected chi connectivity index (χ1v) is 9.73. The summed E-state index contributed by atoms with van der Waals surface area (Å²) in [7, 11) is 4.69. The fourth-order valence-corrected chi connectivity index (χ4v) is 3.41. The number of ether oxygens (including phenoxy) is 1. The van der Waals surface area contributed by atoms with E-state index >= 15 is 0 Å². The van der Waals surface area contributed by atoms with Gasteiger partial charge in [0.2, 0.25) is 3.79 Å². The molecule has 140 valence electrons. The summed E-state index contributed by atoms with van der Waals surface area (Å²) in [4.78, 5) is 13.1. The van der Waals surface area contributed by atoms with Gasteiger partial charge in [-0.1, -0.05) is 34.8 Å². The Hall–Kier alpha value is -0.190. The van der Waals surface area contributed by atoms with E-state index in [0.29, 0.717) is 20.4 Å². The lowest BCUT2D eigenvalue weighted by molar-refractivity contribution is 0.212. The third-order valence-electron chi connectivity index (χ3n) is 2.77. The molecule has 0 bridgehead atoms. The average molecular weight is 558 g/mol. The smallest absolute Gasteiger partial charge is 0.318 e. The number of benzene rings is 1. The summed E-state index contributed by atoms with van der Waals surface area (Å²) >= 11 is 29.8. The highest BCUT2D eigenvalue weighted by Crippen LogP contribution is 2.35. The van der Waals surface area contributed by atoms with E-state index in [-0.39, 0.29) is 5.11 Å². The number of hydrogen-bond donors (Lipinski definition) is 3. The summed E-state index contributed by atoms with van der Waals surface area (Å²) in [6.07, 6.45) is -1.05. The first kappa shape index (κ1) is 22.9. The van der Waals surface area contributed by atoms with E-state index < -0.39 is 16.0 Å². The van der Waals surface area contributed by atoms with Crippen LogP contribution in [0, 0.1) is 0 Å². The van der Waals surface area contributed by atoms with Gasteiger partial charge in [-0.3, -0.25) is 0 Å². The largest absolute Gasteiger partial charge is 0.497 e. The predicted molar refractivity (Wildman–Crippen MR) is 114 cm³/mol. The molecule has 1 atom stereocenters. The van der Waals surface area contributed by atoms with Crippen molar-refractivity contribution in [3.05, 3.63) is 21.1 Å². The molecule has 3 N–H and O–H groups in total. The Labute approximate surface area is 183 Å². The zero-order valence-corrected chi connectivity index (χ0v) is 19.6. The summed E-state index contributed by atoms with van der Waals surface area (Å²) in [5, 5.41) is 8.40. The van der Waals surface area contributed by atoms with Gasteiger partial charge < -0.3 is 25.6 Å². The molecule has 0 heterocycles. The maximum atomic E-state index is 11.8. The predicted octanol–water partition coefficient (Wildman–Crippen LogP) is 4.47. The van der Waals surface area contributed by atoms with Gasteiger partial charge in [-0.05, 0) is 56.2 Å². The zero-order valence-electron chi connectivity index (χ0n) is 13.3. The van der Waals surface area contributed by atoms with Crippen LogP contribution in [-0.2, 0) is 0 Å². The molecule has 0 aliphatic carbocycles. The van der Waals surface area contributed by atoms with E-state index in [9.17, 15) is 4.79 Å². The van der Waals surface area contributed by atoms with Crippen molar-refractivity contribution in [1.82, 2.24) is 15.5 Å². The third-order valence-corrected chi connectivity index (χ3v) is 4.89. The Morgan fingerprint density at radius 3 is 2.16 bits per heavy atom. The van der Waals surface area contributed by atoms with Gasteiger partial charge in [-0.15, -0.1) is 0 Å². The summed E-state index contributed by atoms with van der Waals surface area (Å²) in [5.41, 5.74) is 0.639. The number of halogens is 5. The molecule has 0 aliphatic heterocycles. The van der Waals surface area contributed by atoms with Gasteiger partial charge in [0.1, 0.15) is 5.75 Å². The molecule has 0 aromatic heterocycles. The highest BCUT2D eigenvalue weighted by Gasteiger charge is 2.35. The second kappa shape index (κ2) is 9.66. The Morgan fingerprint density at radius 2 is 1.76 bits per heavy atom. The van der Waals surface area contributed by atoms with Crippen molar-refractivity contribution in [2.45, 2.75) is 9.96 Å². The summed E-state index contributed by atoms with van der Waals surface area (Å²) < 4.78 is 4.74. The minimum atomic E-state index is -1.83. The van der Waals surface area contributed by atoms with Crippen molar-refractivity contribution in [3.8, 4) is 5.75 Å². The molecule has 2 amide bonds. The van der Waals surface area contributed by atoms with Crippen molar-refractivity contribution in [1.29, 1.82) is 0 Å². The lowest BCUT2D eigenvalue weighted by Crippen LogP contribution is -2.57. The molecule has 1 aromatic carbocycles. The monoisotopic (exact) mass is 554 g/mol. The number of hydrogen-bond acceptors (Lipinski definition) is 3. The Bertz CT molecular complexity index is 636. The Kier molecular flexibility index (Phi) is 8.83. The second-order valence-electron chi connectivity index (χ2n) is 4.88. The number of methoxy groups -OCH3 is 1. The first-order chi connectivity index (χ1) is 11.5. The highest BCUT2D eigenvalue weighted by molar-refractivity contribution is 9.11. The van der Waals surface area contributed by atoms with Crippen LogP contribution in [0.2, 0.25) is 0 Å². The molecule has 25 heavy (non-hydrogen) atoms. The third kappa shape index (κ3) is 7.15. The minimum Gasteiger partial charge on any atom is -0.497 e. The van der Waals surface area contributed by atoms with E-state index in [4.69, 9.17) is 51.8 Å². The number of rotatable bonds is 4. The van der Waals surface area contributed by atoms with Gasteiger partial charge in [-0.25, -0.2) is 4.79 Å². The zero-order chi connectivity index (χ0) is 19.4. The van der Waals surface area contributed by atoms with E-state index in [0.717, 1.165) is 0 Å². The fraction of sp³-hybridized carbons (Fsp3) is 0.385. The van der Waals surface area contributed by atoms with Gasteiger partial charge in [0.05, 0.1) is 12.8 Å². The standard InChI is InChI=1S/C13H15Br2Cl3N4O2S/c1-22(2)12(23)21-10(13(16,17)18)20-11(25)19-9-7(14)4-6(24-3)5-8(9)15/h4-5,10H,1-3H3,(H,21,23)(H2,19,20,25)/t10-/m1/s1. The summed E-state index contributed by atoms with van der Waals surface area (Å²) in [5.74, 6) is 0.653. The van der Waals surface area contributed by atoms with Crippen LogP contribution in [0.25, 0.3) is 0 Å². The minimum absolute atomic E-state index is 0.141. The molecule has 0 aliphatic rings. The molecular formula is C13H15Br2Cl3N4O2S.